The van der Waals surface area contributed by atoms with Gasteiger partial charge in [-0.1, -0.05) is 19.3 Å². The van der Waals surface area contributed by atoms with Crippen LogP contribution in [0.1, 0.15) is 56.4 Å². The van der Waals surface area contributed by atoms with E-state index >= 15 is 0 Å². The zero-order valence-corrected chi connectivity index (χ0v) is 13.1. The van der Waals surface area contributed by atoms with Crippen molar-refractivity contribution in [2.45, 2.75) is 57.5 Å². The lowest BCUT2D eigenvalue weighted by Crippen LogP contribution is -2.35. The summed E-state index contributed by atoms with van der Waals surface area (Å²) < 4.78 is 0. The summed E-state index contributed by atoms with van der Waals surface area (Å²) in [6.45, 7) is 4.53. The molecule has 3 nitrogen and oxygen atoms in total. The van der Waals surface area contributed by atoms with Crippen molar-refractivity contribution < 1.29 is 0 Å². The van der Waals surface area contributed by atoms with Gasteiger partial charge >= 0.3 is 0 Å². The molecule has 19 heavy (non-hydrogen) atoms. The number of hydrogen-bond acceptors (Lipinski definition) is 4. The molecule has 1 N–H and O–H groups in total. The van der Waals surface area contributed by atoms with Crippen molar-refractivity contribution in [1.29, 1.82) is 0 Å². The van der Waals surface area contributed by atoms with Crippen LogP contribution in [-0.4, -0.2) is 36.1 Å². The first-order chi connectivity index (χ1) is 9.27. The fraction of sp³-hybridized carbons (Fsp3) is 0.800. The topological polar surface area (TPSA) is 28.2 Å². The van der Waals surface area contributed by atoms with E-state index in [4.69, 9.17) is 0 Å². The van der Waals surface area contributed by atoms with E-state index in [2.05, 4.69) is 29.2 Å². The van der Waals surface area contributed by atoms with Gasteiger partial charge in [0, 0.05) is 23.2 Å². The minimum absolute atomic E-state index is 0.437. The SMILES string of the molecule is CC(NCCCN(C)C1CCCCC1)c1cncs1. The second kappa shape index (κ2) is 7.98. The monoisotopic (exact) mass is 281 g/mol. The Hall–Kier alpha value is -0.450. The first kappa shape index (κ1) is 14.9. The molecule has 1 aromatic rings. The average molecular weight is 281 g/mol. The molecule has 1 fully saturated rings. The van der Waals surface area contributed by atoms with Crippen LogP contribution in [0.15, 0.2) is 11.7 Å². The van der Waals surface area contributed by atoms with E-state index in [9.17, 15) is 0 Å². The third-order valence-electron chi connectivity index (χ3n) is 4.21. The summed E-state index contributed by atoms with van der Waals surface area (Å²) in [6.07, 6.45) is 10.3. The molecule has 1 aromatic heterocycles. The fourth-order valence-electron chi connectivity index (χ4n) is 2.89. The van der Waals surface area contributed by atoms with Crippen LogP contribution in [0.25, 0.3) is 0 Å². The van der Waals surface area contributed by atoms with Crippen LogP contribution in [0.3, 0.4) is 0 Å². The number of hydrogen-bond donors (Lipinski definition) is 1. The lowest BCUT2D eigenvalue weighted by atomic mass is 9.94. The summed E-state index contributed by atoms with van der Waals surface area (Å²) in [5.41, 5.74) is 1.91. The average Bonchev–Trinajstić information content (AvgIpc) is 2.98. The Labute approximate surface area is 121 Å². The highest BCUT2D eigenvalue weighted by Crippen LogP contribution is 2.21. The maximum atomic E-state index is 4.13. The molecule has 0 amide bonds. The van der Waals surface area contributed by atoms with Crippen LogP contribution in [0.5, 0.6) is 0 Å². The molecule has 0 saturated heterocycles. The fourth-order valence-corrected chi connectivity index (χ4v) is 3.54. The van der Waals surface area contributed by atoms with Gasteiger partial charge in [0.2, 0.25) is 0 Å². The number of nitrogens with zero attached hydrogens (tertiary/aromatic N) is 2. The summed E-state index contributed by atoms with van der Waals surface area (Å²) in [5, 5.41) is 3.59. The predicted octanol–water partition coefficient (Wildman–Crippen LogP) is 3.45. The number of thiazole rings is 1. The summed E-state index contributed by atoms with van der Waals surface area (Å²) in [5.74, 6) is 0. The van der Waals surface area contributed by atoms with Crippen LogP contribution in [0.4, 0.5) is 0 Å². The van der Waals surface area contributed by atoms with Crippen LogP contribution in [0.2, 0.25) is 0 Å². The predicted molar refractivity (Wildman–Crippen MR) is 82.7 cm³/mol. The Balaban J connectivity index is 1.58. The lowest BCUT2D eigenvalue weighted by molar-refractivity contribution is 0.189. The molecule has 1 aliphatic carbocycles. The quantitative estimate of drug-likeness (QED) is 0.776. The van der Waals surface area contributed by atoms with Crippen molar-refractivity contribution in [2.75, 3.05) is 20.1 Å². The normalized spacial score (nSPS) is 18.9. The third kappa shape index (κ3) is 4.86. The van der Waals surface area contributed by atoms with Gasteiger partial charge in [0.05, 0.1) is 5.51 Å². The van der Waals surface area contributed by atoms with Crippen LogP contribution >= 0.6 is 11.3 Å². The Morgan fingerprint density at radius 3 is 2.89 bits per heavy atom. The van der Waals surface area contributed by atoms with E-state index in [1.807, 2.05) is 11.7 Å². The molecule has 0 bridgehead atoms. The molecule has 0 spiro atoms. The highest BCUT2D eigenvalue weighted by atomic mass is 32.1. The van der Waals surface area contributed by atoms with Gasteiger partial charge in [-0.05, 0) is 46.3 Å². The summed E-state index contributed by atoms with van der Waals surface area (Å²) >= 11 is 1.73. The second-order valence-corrected chi connectivity index (χ2v) is 6.62. The zero-order valence-electron chi connectivity index (χ0n) is 12.3. The summed E-state index contributed by atoms with van der Waals surface area (Å²) in [4.78, 5) is 8.03. The van der Waals surface area contributed by atoms with Gasteiger partial charge in [-0.25, -0.2) is 0 Å². The van der Waals surface area contributed by atoms with Crippen LogP contribution < -0.4 is 5.32 Å². The van der Waals surface area contributed by atoms with E-state index in [0.717, 1.165) is 12.6 Å². The standard InChI is InChI=1S/C15H27N3S/c1-13(15-11-16-12-19-15)17-9-6-10-18(2)14-7-4-3-5-8-14/h11-14,17H,3-10H2,1-2H3. The van der Waals surface area contributed by atoms with Crippen molar-refractivity contribution in [3.8, 4) is 0 Å². The Bertz CT molecular complexity index is 333. The van der Waals surface area contributed by atoms with E-state index < -0.39 is 0 Å². The van der Waals surface area contributed by atoms with Gasteiger partial charge in [-0.2, -0.15) is 0 Å². The molecule has 0 aromatic carbocycles. The van der Waals surface area contributed by atoms with E-state index in [0.29, 0.717) is 6.04 Å². The largest absolute Gasteiger partial charge is 0.309 e. The van der Waals surface area contributed by atoms with E-state index in [1.165, 1.54) is 49.9 Å². The molecule has 1 heterocycles. The molecule has 1 atom stereocenters. The summed E-state index contributed by atoms with van der Waals surface area (Å²) in [6, 6.07) is 1.28. The molecule has 1 saturated carbocycles. The number of nitrogens with one attached hydrogen (secondary N) is 1. The first-order valence-corrected chi connectivity index (χ1v) is 8.47. The van der Waals surface area contributed by atoms with Gasteiger partial charge in [-0.3, -0.25) is 4.98 Å². The molecule has 1 unspecified atom stereocenters. The van der Waals surface area contributed by atoms with Gasteiger partial charge in [0.15, 0.2) is 0 Å². The Morgan fingerprint density at radius 1 is 1.42 bits per heavy atom. The lowest BCUT2D eigenvalue weighted by Gasteiger charge is -2.31. The minimum atomic E-state index is 0.437. The molecule has 0 aliphatic heterocycles. The van der Waals surface area contributed by atoms with Crippen molar-refractivity contribution in [2.24, 2.45) is 0 Å². The van der Waals surface area contributed by atoms with Crippen molar-refractivity contribution in [3.63, 3.8) is 0 Å². The highest BCUT2D eigenvalue weighted by molar-refractivity contribution is 7.09. The van der Waals surface area contributed by atoms with Crippen molar-refractivity contribution in [1.82, 2.24) is 15.2 Å². The van der Waals surface area contributed by atoms with Crippen LogP contribution in [0, 0.1) is 0 Å². The first-order valence-electron chi connectivity index (χ1n) is 7.59. The minimum Gasteiger partial charge on any atom is -0.309 e. The molecule has 0 radical (unpaired) electrons. The Morgan fingerprint density at radius 2 is 2.21 bits per heavy atom. The molecule has 2 rings (SSSR count). The van der Waals surface area contributed by atoms with E-state index in [-0.39, 0.29) is 0 Å². The maximum Gasteiger partial charge on any atom is 0.0794 e. The van der Waals surface area contributed by atoms with Gasteiger partial charge < -0.3 is 10.2 Å². The number of rotatable bonds is 7. The molecule has 108 valence electrons. The smallest absolute Gasteiger partial charge is 0.0794 e. The number of aromatic nitrogens is 1. The van der Waals surface area contributed by atoms with Crippen molar-refractivity contribution >= 4 is 11.3 Å². The van der Waals surface area contributed by atoms with E-state index in [1.54, 1.807) is 11.3 Å². The molecule has 4 heteroatoms. The second-order valence-electron chi connectivity index (χ2n) is 5.71. The maximum absolute atomic E-state index is 4.13. The highest BCUT2D eigenvalue weighted by Gasteiger charge is 2.17. The van der Waals surface area contributed by atoms with Crippen molar-refractivity contribution in [3.05, 3.63) is 16.6 Å². The van der Waals surface area contributed by atoms with Gasteiger partial charge in [0.25, 0.3) is 0 Å². The van der Waals surface area contributed by atoms with Gasteiger partial charge in [-0.15, -0.1) is 11.3 Å². The summed E-state index contributed by atoms with van der Waals surface area (Å²) in [7, 11) is 2.29. The van der Waals surface area contributed by atoms with Gasteiger partial charge in [0.1, 0.15) is 0 Å². The molecular weight excluding hydrogens is 254 g/mol. The molecule has 1 aliphatic rings. The Kier molecular flexibility index (Phi) is 6.28. The third-order valence-corrected chi connectivity index (χ3v) is 5.17. The zero-order chi connectivity index (χ0) is 13.5. The molecular formula is C15H27N3S. The van der Waals surface area contributed by atoms with Crippen LogP contribution in [-0.2, 0) is 0 Å².